The number of alkyl halides is 1. The summed E-state index contributed by atoms with van der Waals surface area (Å²) < 4.78 is 11.6. The molecule has 0 saturated heterocycles. The largest absolute Gasteiger partial charge is 0.481 e. The molecule has 0 radical (unpaired) electrons. The van der Waals surface area contributed by atoms with Gasteiger partial charge >= 0.3 is 5.97 Å². The van der Waals surface area contributed by atoms with Gasteiger partial charge in [-0.15, -0.1) is 0 Å². The first kappa shape index (κ1) is 4.56. The zero-order valence-electron chi connectivity index (χ0n) is 3.60. The Morgan fingerprint density at radius 3 is 2.29 bits per heavy atom. The highest BCUT2D eigenvalue weighted by molar-refractivity contribution is 5.73. The van der Waals surface area contributed by atoms with Crippen LogP contribution in [0.25, 0.3) is 0 Å². The Morgan fingerprint density at radius 2 is 2.29 bits per heavy atom. The Kier molecular flexibility index (Phi) is 0.770. The van der Waals surface area contributed by atoms with E-state index in [0.29, 0.717) is 0 Å². The predicted octanol–water partition coefficient (Wildman–Crippen LogP) is 0.429. The third-order valence-corrected chi connectivity index (χ3v) is 1.03. The Hall–Kier alpha value is -0.600. The van der Waals surface area contributed by atoms with E-state index in [1.807, 2.05) is 0 Å². The standard InChI is InChI=1S/C4H5FO2/c5-3-1-2(3)4(6)7/h2-3H,1H2,(H,6,7)/i5-1. The van der Waals surface area contributed by atoms with E-state index in [-0.39, 0.29) is 6.42 Å². The lowest BCUT2D eigenvalue weighted by molar-refractivity contribution is -0.138. The van der Waals surface area contributed by atoms with E-state index in [0.717, 1.165) is 0 Å². The van der Waals surface area contributed by atoms with Crippen LogP contribution in [0.3, 0.4) is 0 Å². The summed E-state index contributed by atoms with van der Waals surface area (Å²) in [5.74, 6) is -1.69. The van der Waals surface area contributed by atoms with Crippen molar-refractivity contribution in [3.8, 4) is 0 Å². The van der Waals surface area contributed by atoms with Gasteiger partial charge in [-0.2, -0.15) is 0 Å². The molecule has 1 aliphatic rings. The molecule has 1 N–H and O–H groups in total. The Balaban J connectivity index is 2.33. The molecule has 2 unspecified atom stereocenters. The molecule has 0 heterocycles. The van der Waals surface area contributed by atoms with Gasteiger partial charge < -0.3 is 5.11 Å². The van der Waals surface area contributed by atoms with Crippen LogP contribution in [0.5, 0.6) is 0 Å². The molecule has 0 bridgehead atoms. The summed E-state index contributed by atoms with van der Waals surface area (Å²) >= 11 is 0. The molecular formula is C4H5FO2. The lowest BCUT2D eigenvalue weighted by Crippen LogP contribution is -1.98. The van der Waals surface area contributed by atoms with Crippen molar-refractivity contribution in [3.05, 3.63) is 0 Å². The van der Waals surface area contributed by atoms with Crippen molar-refractivity contribution in [3.63, 3.8) is 0 Å². The van der Waals surface area contributed by atoms with E-state index >= 15 is 0 Å². The molecule has 1 aliphatic carbocycles. The minimum atomic E-state index is -1.06. The number of hydrogen-bond donors (Lipinski definition) is 1. The number of carboxylic acid groups (broad SMARTS) is 1. The number of hydrogen-bond acceptors (Lipinski definition) is 1. The molecule has 0 amide bonds. The molecule has 0 aromatic carbocycles. The van der Waals surface area contributed by atoms with Gasteiger partial charge in [0.05, 0.1) is 5.92 Å². The van der Waals surface area contributed by atoms with Gasteiger partial charge in [-0.3, -0.25) is 4.79 Å². The predicted molar refractivity (Wildman–Crippen MR) is 20.6 cm³/mol. The van der Waals surface area contributed by atoms with Crippen molar-refractivity contribution in [1.29, 1.82) is 0 Å². The topological polar surface area (TPSA) is 37.3 Å². The second kappa shape index (κ2) is 1.18. The van der Waals surface area contributed by atoms with Crippen molar-refractivity contribution in [1.82, 2.24) is 0 Å². The number of aliphatic carboxylic acids is 1. The van der Waals surface area contributed by atoms with Crippen molar-refractivity contribution in [2.45, 2.75) is 12.6 Å². The van der Waals surface area contributed by atoms with Gasteiger partial charge in [-0.1, -0.05) is 0 Å². The van der Waals surface area contributed by atoms with Gasteiger partial charge in [-0.25, -0.2) is 4.39 Å². The third kappa shape index (κ3) is 0.706. The number of carbonyl (C=O) groups is 1. The third-order valence-electron chi connectivity index (χ3n) is 1.03. The maximum atomic E-state index is 11.6. The summed E-state index contributed by atoms with van der Waals surface area (Å²) in [6.07, 6.45) is -0.840. The number of carboxylic acids is 1. The van der Waals surface area contributed by atoms with Crippen molar-refractivity contribution >= 4 is 5.97 Å². The second-order valence-corrected chi connectivity index (χ2v) is 1.70. The molecule has 0 spiro atoms. The van der Waals surface area contributed by atoms with Crippen LogP contribution < -0.4 is 0 Å². The molecule has 3 heteroatoms. The summed E-state index contributed by atoms with van der Waals surface area (Å²) in [6.45, 7) is 0. The highest BCUT2D eigenvalue weighted by Gasteiger charge is 2.43. The van der Waals surface area contributed by atoms with Gasteiger partial charge in [0, 0.05) is 0 Å². The minimum Gasteiger partial charge on any atom is -0.481 e. The van der Waals surface area contributed by atoms with Crippen molar-refractivity contribution in [2.24, 2.45) is 5.92 Å². The van der Waals surface area contributed by atoms with Crippen LogP contribution in [0.2, 0.25) is 0 Å². The van der Waals surface area contributed by atoms with Crippen LogP contribution >= 0.6 is 0 Å². The van der Waals surface area contributed by atoms with E-state index < -0.39 is 18.1 Å². The normalized spacial score (nSPS) is 37.9. The van der Waals surface area contributed by atoms with Gasteiger partial charge in [0.1, 0.15) is 6.17 Å². The monoisotopic (exact) mass is 103 g/mol. The van der Waals surface area contributed by atoms with Gasteiger partial charge in [-0.05, 0) is 6.42 Å². The lowest BCUT2D eigenvalue weighted by atomic mass is 10.4. The molecule has 0 aromatic heterocycles. The quantitative estimate of drug-likeness (QED) is 0.522. The molecule has 1 fully saturated rings. The Bertz CT molecular complexity index is 102. The maximum absolute atomic E-state index is 11.6. The van der Waals surface area contributed by atoms with Crippen molar-refractivity contribution in [2.75, 3.05) is 0 Å². The maximum Gasteiger partial charge on any atom is 0.309 e. The highest BCUT2D eigenvalue weighted by Crippen LogP contribution is 2.33. The number of halogens is 1. The Labute approximate surface area is 39.9 Å². The molecule has 2 nitrogen and oxygen atoms in total. The summed E-state index contributed by atoms with van der Waals surface area (Å²) in [5, 5.41) is 7.98. The first-order valence-electron chi connectivity index (χ1n) is 2.08. The zero-order chi connectivity index (χ0) is 5.44. The summed E-state index contributed by atoms with van der Waals surface area (Å²) in [7, 11) is 0. The molecule has 0 aromatic rings. The molecule has 1 rings (SSSR count). The lowest BCUT2D eigenvalue weighted by Gasteiger charge is -1.77. The fraction of sp³-hybridized carbons (Fsp3) is 0.750. The zero-order valence-corrected chi connectivity index (χ0v) is 3.60. The number of rotatable bonds is 1. The second-order valence-electron chi connectivity index (χ2n) is 1.70. The molecule has 2 atom stereocenters. The van der Waals surface area contributed by atoms with Crippen LogP contribution in [-0.4, -0.2) is 17.2 Å². The van der Waals surface area contributed by atoms with E-state index in [2.05, 4.69) is 0 Å². The van der Waals surface area contributed by atoms with Crippen LogP contribution in [0.4, 0.5) is 4.39 Å². The smallest absolute Gasteiger partial charge is 0.309 e. The molecule has 40 valence electrons. The fourth-order valence-corrected chi connectivity index (χ4v) is 0.420. The summed E-state index contributed by atoms with van der Waals surface area (Å²) in [5.41, 5.74) is 0. The molecular weight excluding hydrogens is 98.0 g/mol. The first-order valence-corrected chi connectivity index (χ1v) is 2.08. The summed E-state index contributed by atoms with van der Waals surface area (Å²) in [4.78, 5) is 9.73. The highest BCUT2D eigenvalue weighted by atomic mass is 18.2. The first-order chi connectivity index (χ1) is 3.22. The summed E-state index contributed by atoms with van der Waals surface area (Å²) in [6, 6.07) is 0. The van der Waals surface area contributed by atoms with E-state index in [1.54, 1.807) is 0 Å². The average molecular weight is 103 g/mol. The minimum absolute atomic E-state index is 0.218. The van der Waals surface area contributed by atoms with E-state index in [9.17, 15) is 9.18 Å². The van der Waals surface area contributed by atoms with Gasteiger partial charge in [0.15, 0.2) is 0 Å². The van der Waals surface area contributed by atoms with Crippen LogP contribution in [-0.2, 0) is 4.79 Å². The Morgan fingerprint density at radius 1 is 1.86 bits per heavy atom. The van der Waals surface area contributed by atoms with E-state index in [1.165, 1.54) is 0 Å². The van der Waals surface area contributed by atoms with Crippen LogP contribution in [0.1, 0.15) is 6.42 Å². The fourth-order valence-electron chi connectivity index (χ4n) is 0.420. The van der Waals surface area contributed by atoms with Gasteiger partial charge in [0.2, 0.25) is 0 Å². The van der Waals surface area contributed by atoms with Gasteiger partial charge in [0.25, 0.3) is 0 Å². The average Bonchev–Trinajstić information content (AvgIpc) is 2.17. The molecule has 7 heavy (non-hydrogen) atoms. The van der Waals surface area contributed by atoms with Crippen LogP contribution in [0, 0.1) is 5.92 Å². The SMILES string of the molecule is O=C(O)C1CC1[18F]. The van der Waals surface area contributed by atoms with E-state index in [4.69, 9.17) is 5.11 Å². The van der Waals surface area contributed by atoms with Crippen LogP contribution in [0.15, 0.2) is 0 Å². The molecule has 0 aliphatic heterocycles. The van der Waals surface area contributed by atoms with Crippen molar-refractivity contribution < 1.29 is 14.3 Å². The molecule has 1 saturated carbocycles.